The molecule has 14 heavy (non-hydrogen) atoms. The fraction of sp³-hybridized carbons (Fsp3) is 0.900. The summed E-state index contributed by atoms with van der Waals surface area (Å²) in [5.41, 5.74) is 0. The fourth-order valence-electron chi connectivity index (χ4n) is 1.21. The van der Waals surface area contributed by atoms with E-state index in [1.807, 2.05) is 0 Å². The van der Waals surface area contributed by atoms with Gasteiger partial charge in [-0.2, -0.15) is 0 Å². The Kier molecular flexibility index (Phi) is 6.70. The summed E-state index contributed by atoms with van der Waals surface area (Å²) in [6.45, 7) is 3.21. The van der Waals surface area contributed by atoms with Crippen LogP contribution in [0.5, 0.6) is 0 Å². The van der Waals surface area contributed by atoms with Gasteiger partial charge in [0.2, 0.25) is 0 Å². The molecule has 0 aliphatic heterocycles. The number of hydrogen-bond donors (Lipinski definition) is 3. The number of rotatable bonds is 7. The molecular formula is C10H20O4. The third-order valence-corrected chi connectivity index (χ3v) is 2.28. The van der Waals surface area contributed by atoms with E-state index in [2.05, 4.69) is 0 Å². The summed E-state index contributed by atoms with van der Waals surface area (Å²) in [5, 5.41) is 26.6. The number of aliphatic hydroxyl groups is 3. The Labute approximate surface area is 84.6 Å². The molecule has 0 aromatic heterocycles. The minimum Gasteiger partial charge on any atom is -0.396 e. The van der Waals surface area contributed by atoms with E-state index in [-0.39, 0.29) is 37.3 Å². The average Bonchev–Trinajstić information content (AvgIpc) is 2.15. The minimum absolute atomic E-state index is 0.00265. The van der Waals surface area contributed by atoms with Crippen molar-refractivity contribution in [3.05, 3.63) is 0 Å². The monoisotopic (exact) mass is 204 g/mol. The lowest BCUT2D eigenvalue weighted by molar-refractivity contribution is -0.122. The molecule has 0 heterocycles. The Morgan fingerprint density at radius 2 is 1.71 bits per heavy atom. The maximum atomic E-state index is 11.3. The van der Waals surface area contributed by atoms with E-state index in [1.54, 1.807) is 13.8 Å². The first-order valence-electron chi connectivity index (χ1n) is 4.92. The van der Waals surface area contributed by atoms with Crippen LogP contribution in [0.4, 0.5) is 0 Å². The molecule has 0 saturated heterocycles. The summed E-state index contributed by atoms with van der Waals surface area (Å²) >= 11 is 0. The average molecular weight is 204 g/mol. The fourth-order valence-corrected chi connectivity index (χ4v) is 1.21. The summed E-state index contributed by atoms with van der Waals surface area (Å²) in [5.74, 6) is -0.231. The second-order valence-electron chi connectivity index (χ2n) is 3.96. The topological polar surface area (TPSA) is 77.8 Å². The van der Waals surface area contributed by atoms with Crippen molar-refractivity contribution in [2.75, 3.05) is 13.2 Å². The largest absolute Gasteiger partial charge is 0.396 e. The van der Waals surface area contributed by atoms with Crippen LogP contribution in [0.15, 0.2) is 0 Å². The van der Waals surface area contributed by atoms with Gasteiger partial charge in [0.05, 0.1) is 12.7 Å². The van der Waals surface area contributed by atoms with Gasteiger partial charge in [-0.15, -0.1) is 0 Å². The van der Waals surface area contributed by atoms with Crippen molar-refractivity contribution >= 4 is 5.78 Å². The molecule has 3 unspecified atom stereocenters. The maximum Gasteiger partial charge on any atom is 0.133 e. The van der Waals surface area contributed by atoms with Crippen molar-refractivity contribution in [3.8, 4) is 0 Å². The second kappa shape index (κ2) is 6.92. The van der Waals surface area contributed by atoms with Gasteiger partial charge in [-0.05, 0) is 11.8 Å². The molecule has 0 spiro atoms. The Morgan fingerprint density at radius 1 is 1.14 bits per heavy atom. The minimum atomic E-state index is -0.830. The van der Waals surface area contributed by atoms with Crippen molar-refractivity contribution in [2.45, 2.75) is 32.8 Å². The van der Waals surface area contributed by atoms with Gasteiger partial charge in [0.25, 0.3) is 0 Å². The normalized spacial score (nSPS) is 17.5. The number of carbonyl (C=O) groups is 1. The van der Waals surface area contributed by atoms with Crippen LogP contribution in [0.1, 0.15) is 26.7 Å². The SMILES string of the molecule is CC(CO)CC(=O)CC(C)C(O)CO. The van der Waals surface area contributed by atoms with Crippen LogP contribution in [0, 0.1) is 11.8 Å². The van der Waals surface area contributed by atoms with Gasteiger partial charge in [-0.1, -0.05) is 13.8 Å². The van der Waals surface area contributed by atoms with Gasteiger partial charge >= 0.3 is 0 Å². The van der Waals surface area contributed by atoms with Gasteiger partial charge in [0.1, 0.15) is 5.78 Å². The Hall–Kier alpha value is -0.450. The quantitative estimate of drug-likeness (QED) is 0.543. The third kappa shape index (κ3) is 5.32. The summed E-state index contributed by atoms with van der Waals surface area (Å²) in [7, 11) is 0. The standard InChI is InChI=1S/C10H20O4/c1-7(5-11)3-9(13)4-8(2)10(14)6-12/h7-8,10-12,14H,3-6H2,1-2H3. The molecule has 3 N–H and O–H groups in total. The molecule has 0 saturated carbocycles. The van der Waals surface area contributed by atoms with Gasteiger partial charge in [0, 0.05) is 19.4 Å². The van der Waals surface area contributed by atoms with Crippen molar-refractivity contribution in [1.82, 2.24) is 0 Å². The highest BCUT2D eigenvalue weighted by Gasteiger charge is 2.17. The molecule has 4 heteroatoms. The second-order valence-corrected chi connectivity index (χ2v) is 3.96. The van der Waals surface area contributed by atoms with E-state index in [4.69, 9.17) is 10.2 Å². The van der Waals surface area contributed by atoms with Crippen molar-refractivity contribution in [1.29, 1.82) is 0 Å². The van der Waals surface area contributed by atoms with Crippen LogP contribution in [-0.4, -0.2) is 40.4 Å². The number of Topliss-reactive ketones (excluding diaryl/α,β-unsaturated/α-hetero) is 1. The molecule has 0 fully saturated rings. The number of aliphatic hydroxyl groups excluding tert-OH is 3. The van der Waals surface area contributed by atoms with Crippen LogP contribution in [0.3, 0.4) is 0 Å². The summed E-state index contributed by atoms with van der Waals surface area (Å²) in [4.78, 5) is 11.3. The molecule has 0 aliphatic carbocycles. The first-order valence-corrected chi connectivity index (χ1v) is 4.92. The van der Waals surface area contributed by atoms with E-state index >= 15 is 0 Å². The highest BCUT2D eigenvalue weighted by Crippen LogP contribution is 2.12. The molecule has 0 aliphatic rings. The number of carbonyl (C=O) groups excluding carboxylic acids is 1. The highest BCUT2D eigenvalue weighted by atomic mass is 16.3. The van der Waals surface area contributed by atoms with Gasteiger partial charge in [0.15, 0.2) is 0 Å². The molecular weight excluding hydrogens is 184 g/mol. The zero-order valence-corrected chi connectivity index (χ0v) is 8.81. The lowest BCUT2D eigenvalue weighted by atomic mass is 9.94. The summed E-state index contributed by atoms with van der Waals surface area (Å²) in [6.07, 6.45) is -0.242. The molecule has 3 atom stereocenters. The van der Waals surface area contributed by atoms with Gasteiger partial charge in [-0.25, -0.2) is 0 Å². The van der Waals surface area contributed by atoms with E-state index in [1.165, 1.54) is 0 Å². The molecule has 0 aromatic rings. The van der Waals surface area contributed by atoms with E-state index in [0.717, 1.165) is 0 Å². The molecule has 4 nitrogen and oxygen atoms in total. The highest BCUT2D eigenvalue weighted by molar-refractivity contribution is 5.78. The van der Waals surface area contributed by atoms with Crippen LogP contribution in [0.25, 0.3) is 0 Å². The molecule has 84 valence electrons. The smallest absolute Gasteiger partial charge is 0.133 e. The molecule has 0 aromatic carbocycles. The van der Waals surface area contributed by atoms with E-state index < -0.39 is 6.10 Å². The molecule has 0 radical (unpaired) electrons. The van der Waals surface area contributed by atoms with E-state index in [0.29, 0.717) is 6.42 Å². The molecule has 0 amide bonds. The Morgan fingerprint density at radius 3 is 2.14 bits per heavy atom. The van der Waals surface area contributed by atoms with Crippen molar-refractivity contribution in [2.24, 2.45) is 11.8 Å². The molecule has 0 rings (SSSR count). The molecule has 0 bridgehead atoms. The first kappa shape index (κ1) is 13.5. The zero-order valence-electron chi connectivity index (χ0n) is 8.81. The summed E-state index contributed by atoms with van der Waals surface area (Å²) < 4.78 is 0. The van der Waals surface area contributed by atoms with Crippen LogP contribution in [0.2, 0.25) is 0 Å². The van der Waals surface area contributed by atoms with Crippen molar-refractivity contribution in [3.63, 3.8) is 0 Å². The lowest BCUT2D eigenvalue weighted by Crippen LogP contribution is -2.24. The van der Waals surface area contributed by atoms with E-state index in [9.17, 15) is 9.90 Å². The number of hydrogen-bond acceptors (Lipinski definition) is 4. The Bertz CT molecular complexity index is 170. The van der Waals surface area contributed by atoms with Crippen LogP contribution < -0.4 is 0 Å². The lowest BCUT2D eigenvalue weighted by Gasteiger charge is -2.16. The third-order valence-electron chi connectivity index (χ3n) is 2.28. The van der Waals surface area contributed by atoms with Crippen molar-refractivity contribution < 1.29 is 20.1 Å². The van der Waals surface area contributed by atoms with Crippen LogP contribution >= 0.6 is 0 Å². The predicted molar refractivity (Wildman–Crippen MR) is 52.7 cm³/mol. The summed E-state index contributed by atoms with van der Waals surface area (Å²) in [6, 6.07) is 0. The van der Waals surface area contributed by atoms with Crippen LogP contribution in [-0.2, 0) is 4.79 Å². The Balaban J connectivity index is 3.82. The maximum absolute atomic E-state index is 11.3. The van der Waals surface area contributed by atoms with Gasteiger partial charge < -0.3 is 15.3 Å². The zero-order chi connectivity index (χ0) is 11.1. The number of ketones is 1. The van der Waals surface area contributed by atoms with Gasteiger partial charge in [-0.3, -0.25) is 4.79 Å². The first-order chi connectivity index (χ1) is 6.51. The predicted octanol–water partition coefficient (Wildman–Crippen LogP) is -0.0466.